The largest absolute Gasteiger partial charge is 0.386 e. The van der Waals surface area contributed by atoms with Crippen molar-refractivity contribution < 1.29 is 13.2 Å². The molecule has 2 N–H and O–H groups in total. The number of benzene rings is 1. The van der Waals surface area contributed by atoms with Gasteiger partial charge in [0.1, 0.15) is 5.84 Å². The van der Waals surface area contributed by atoms with Gasteiger partial charge < -0.3 is 5.73 Å². The second kappa shape index (κ2) is 3.70. The molecule has 1 aliphatic heterocycles. The van der Waals surface area contributed by atoms with Gasteiger partial charge >= 0.3 is 0 Å². The molecule has 0 aliphatic carbocycles. The molecule has 1 aliphatic rings. The van der Waals surface area contributed by atoms with Crippen molar-refractivity contribution in [1.82, 2.24) is 0 Å². The van der Waals surface area contributed by atoms with E-state index in [1.54, 1.807) is 0 Å². The summed E-state index contributed by atoms with van der Waals surface area (Å²) in [7, 11) is 0. The third-order valence-corrected chi connectivity index (χ3v) is 2.39. The van der Waals surface area contributed by atoms with Gasteiger partial charge in [-0.05, 0) is 6.92 Å². The molecule has 0 amide bonds. The van der Waals surface area contributed by atoms with E-state index in [4.69, 9.17) is 5.73 Å². The maximum absolute atomic E-state index is 13.0. The van der Waals surface area contributed by atoms with Crippen molar-refractivity contribution >= 4 is 11.5 Å². The molecule has 0 spiro atoms. The first-order valence-corrected chi connectivity index (χ1v) is 4.75. The Morgan fingerprint density at radius 2 is 1.88 bits per heavy atom. The molecule has 0 saturated heterocycles. The van der Waals surface area contributed by atoms with Gasteiger partial charge in [0.25, 0.3) is 0 Å². The average molecular weight is 229 g/mol. The van der Waals surface area contributed by atoms with Crippen molar-refractivity contribution in [3.8, 4) is 0 Å². The van der Waals surface area contributed by atoms with E-state index in [-0.39, 0.29) is 11.7 Å². The lowest BCUT2D eigenvalue weighted by Crippen LogP contribution is -2.23. The van der Waals surface area contributed by atoms with Crippen molar-refractivity contribution in [3.05, 3.63) is 29.6 Å². The Bertz CT molecular complexity index is 436. The van der Waals surface area contributed by atoms with Crippen molar-refractivity contribution in [2.45, 2.75) is 19.4 Å². The summed E-state index contributed by atoms with van der Waals surface area (Å²) in [6.07, 6.45) is 0.514. The predicted molar refractivity (Wildman–Crippen MR) is 54.5 cm³/mol. The van der Waals surface area contributed by atoms with Gasteiger partial charge in [-0.25, -0.2) is 13.2 Å². The number of nitrogens with two attached hydrogens (primary N) is 1. The van der Waals surface area contributed by atoms with Crippen LogP contribution in [0.3, 0.4) is 0 Å². The Labute approximate surface area is 90.3 Å². The van der Waals surface area contributed by atoms with E-state index in [1.807, 2.05) is 6.92 Å². The highest BCUT2D eigenvalue weighted by Crippen LogP contribution is 2.26. The third kappa shape index (κ3) is 1.70. The van der Waals surface area contributed by atoms with Crippen LogP contribution in [0.2, 0.25) is 0 Å². The van der Waals surface area contributed by atoms with Crippen LogP contribution in [0.4, 0.5) is 18.9 Å². The SMILES string of the molecule is CC1CC(N)=NN1c1cc(F)c(F)c(F)c1. The molecule has 2 rings (SSSR count). The normalized spacial score (nSPS) is 20.1. The van der Waals surface area contributed by atoms with Crippen molar-refractivity contribution in [1.29, 1.82) is 0 Å². The number of rotatable bonds is 1. The van der Waals surface area contributed by atoms with Crippen LogP contribution in [0.5, 0.6) is 0 Å². The van der Waals surface area contributed by atoms with Gasteiger partial charge in [0, 0.05) is 18.6 Å². The molecular formula is C10H10F3N3. The van der Waals surface area contributed by atoms with E-state index in [0.29, 0.717) is 12.3 Å². The molecule has 86 valence electrons. The van der Waals surface area contributed by atoms with E-state index >= 15 is 0 Å². The minimum Gasteiger partial charge on any atom is -0.386 e. The highest BCUT2D eigenvalue weighted by atomic mass is 19.2. The fourth-order valence-electron chi connectivity index (χ4n) is 1.65. The number of halogens is 3. The monoisotopic (exact) mass is 229 g/mol. The fraction of sp³-hybridized carbons (Fsp3) is 0.300. The van der Waals surface area contributed by atoms with Crippen LogP contribution in [-0.4, -0.2) is 11.9 Å². The fourth-order valence-corrected chi connectivity index (χ4v) is 1.65. The summed E-state index contributed by atoms with van der Waals surface area (Å²) < 4.78 is 38.7. The molecule has 6 heteroatoms. The lowest BCUT2D eigenvalue weighted by Gasteiger charge is -2.19. The first-order valence-electron chi connectivity index (χ1n) is 4.75. The average Bonchev–Trinajstić information content (AvgIpc) is 2.53. The van der Waals surface area contributed by atoms with Crippen LogP contribution in [0.1, 0.15) is 13.3 Å². The van der Waals surface area contributed by atoms with E-state index in [9.17, 15) is 13.2 Å². The first-order chi connectivity index (χ1) is 7.49. The Kier molecular flexibility index (Phi) is 2.49. The Morgan fingerprint density at radius 3 is 2.31 bits per heavy atom. The summed E-state index contributed by atoms with van der Waals surface area (Å²) in [5, 5.41) is 5.30. The summed E-state index contributed by atoms with van der Waals surface area (Å²) in [5.74, 6) is -3.56. The van der Waals surface area contributed by atoms with Crippen molar-refractivity contribution in [3.63, 3.8) is 0 Å². The Balaban J connectivity index is 2.42. The molecule has 0 saturated carbocycles. The van der Waals surface area contributed by atoms with Crippen LogP contribution in [0, 0.1) is 17.5 Å². The summed E-state index contributed by atoms with van der Waals surface area (Å²) in [6, 6.07) is 1.71. The molecular weight excluding hydrogens is 219 g/mol. The molecule has 1 atom stereocenters. The number of nitrogens with zero attached hydrogens (tertiary/aromatic N) is 2. The van der Waals surface area contributed by atoms with Crippen LogP contribution in [0.25, 0.3) is 0 Å². The van der Waals surface area contributed by atoms with Gasteiger partial charge in [-0.1, -0.05) is 0 Å². The van der Waals surface area contributed by atoms with Gasteiger partial charge in [-0.15, -0.1) is 0 Å². The van der Waals surface area contributed by atoms with Gasteiger partial charge in [0.05, 0.1) is 11.7 Å². The summed E-state index contributed by atoms with van der Waals surface area (Å²) in [4.78, 5) is 0. The van der Waals surface area contributed by atoms with Gasteiger partial charge in [-0.2, -0.15) is 5.10 Å². The van der Waals surface area contributed by atoms with Crippen LogP contribution < -0.4 is 10.7 Å². The number of hydrazone groups is 1. The summed E-state index contributed by atoms with van der Waals surface area (Å²) in [6.45, 7) is 1.81. The van der Waals surface area contributed by atoms with E-state index in [1.165, 1.54) is 5.01 Å². The molecule has 0 radical (unpaired) electrons. The molecule has 1 unspecified atom stereocenters. The van der Waals surface area contributed by atoms with E-state index < -0.39 is 17.5 Å². The van der Waals surface area contributed by atoms with Gasteiger partial charge in [-0.3, -0.25) is 5.01 Å². The predicted octanol–water partition coefficient (Wildman–Crippen LogP) is 1.97. The highest BCUT2D eigenvalue weighted by Gasteiger charge is 2.24. The standard InChI is InChI=1S/C10H10F3N3/c1-5-2-9(14)15-16(5)6-3-7(11)10(13)8(12)4-6/h3-5H,2H2,1H3,(H2,14,15). The zero-order valence-corrected chi connectivity index (χ0v) is 8.54. The molecule has 0 fully saturated rings. The third-order valence-electron chi connectivity index (χ3n) is 2.39. The zero-order chi connectivity index (χ0) is 11.9. The molecule has 1 heterocycles. The smallest absolute Gasteiger partial charge is 0.194 e. The van der Waals surface area contributed by atoms with Crippen LogP contribution in [0.15, 0.2) is 17.2 Å². The molecule has 16 heavy (non-hydrogen) atoms. The van der Waals surface area contributed by atoms with Gasteiger partial charge in [0.2, 0.25) is 0 Å². The topological polar surface area (TPSA) is 41.6 Å². The molecule has 1 aromatic rings. The number of amidine groups is 1. The number of hydrogen-bond acceptors (Lipinski definition) is 3. The Morgan fingerprint density at radius 1 is 1.31 bits per heavy atom. The maximum atomic E-state index is 13.0. The van der Waals surface area contributed by atoms with Crippen LogP contribution >= 0.6 is 0 Å². The second-order valence-electron chi connectivity index (χ2n) is 3.71. The van der Waals surface area contributed by atoms with Crippen molar-refractivity contribution in [2.75, 3.05) is 5.01 Å². The minimum absolute atomic E-state index is 0.0933. The van der Waals surface area contributed by atoms with Crippen molar-refractivity contribution in [2.24, 2.45) is 10.8 Å². The maximum Gasteiger partial charge on any atom is 0.194 e. The van der Waals surface area contributed by atoms with E-state index in [0.717, 1.165) is 12.1 Å². The molecule has 1 aromatic carbocycles. The van der Waals surface area contributed by atoms with Gasteiger partial charge in [0.15, 0.2) is 17.5 Å². The lowest BCUT2D eigenvalue weighted by atomic mass is 10.2. The molecule has 0 bridgehead atoms. The quantitative estimate of drug-likeness (QED) is 0.748. The minimum atomic E-state index is -1.48. The first kappa shape index (κ1) is 10.8. The second-order valence-corrected chi connectivity index (χ2v) is 3.71. The lowest BCUT2D eigenvalue weighted by molar-refractivity contribution is 0.446. The van der Waals surface area contributed by atoms with E-state index in [2.05, 4.69) is 5.10 Å². The number of anilines is 1. The molecule has 0 aromatic heterocycles. The zero-order valence-electron chi connectivity index (χ0n) is 8.54. The summed E-state index contributed by atoms with van der Waals surface area (Å²) in [5.41, 5.74) is 5.66. The highest BCUT2D eigenvalue weighted by molar-refractivity contribution is 5.84. The van der Waals surface area contributed by atoms with Crippen LogP contribution in [-0.2, 0) is 0 Å². The Hall–Kier alpha value is -1.72. The number of hydrogen-bond donors (Lipinski definition) is 1. The summed E-state index contributed by atoms with van der Waals surface area (Å²) >= 11 is 0. The molecule has 3 nitrogen and oxygen atoms in total.